The topological polar surface area (TPSA) is 96.4 Å². The van der Waals surface area contributed by atoms with Crippen LogP contribution in [0.3, 0.4) is 0 Å². The molecule has 0 aromatic carbocycles. The lowest BCUT2D eigenvalue weighted by atomic mass is 10.3. The number of esters is 1. The number of rotatable bonds is 4. The van der Waals surface area contributed by atoms with E-state index in [1.165, 1.54) is 16.9 Å². The molecule has 1 rings (SSSR count). The average Bonchev–Trinajstić information content (AvgIpc) is 2.43. The quantitative estimate of drug-likeness (QED) is 0.687. The molecule has 0 spiro atoms. The van der Waals surface area contributed by atoms with E-state index in [0.717, 1.165) is 0 Å². The zero-order chi connectivity index (χ0) is 14.4. The summed E-state index contributed by atoms with van der Waals surface area (Å²) in [4.78, 5) is 36.6. The summed E-state index contributed by atoms with van der Waals surface area (Å²) in [5.74, 6) is -1.49. The number of carboxylic acid groups (broad SMARTS) is 1. The third kappa shape index (κ3) is 4.40. The highest BCUT2D eigenvalue weighted by atomic mass is 16.5. The highest BCUT2D eigenvalue weighted by Gasteiger charge is 2.30. The number of carbonyl (C=O) groups is 3. The van der Waals surface area contributed by atoms with Crippen LogP contribution in [0.5, 0.6) is 0 Å². The van der Waals surface area contributed by atoms with Crippen LogP contribution in [0, 0.1) is 0 Å². The van der Waals surface area contributed by atoms with Crippen LogP contribution < -0.4 is 0 Å². The maximum Gasteiger partial charge on any atom is 0.334 e. The molecule has 1 aliphatic heterocycles. The third-order valence-electron chi connectivity index (χ3n) is 2.82. The molecule has 0 radical (unpaired) electrons. The second-order valence-corrected chi connectivity index (χ2v) is 4.17. The fourth-order valence-electron chi connectivity index (χ4n) is 1.67. The molecule has 0 bridgehead atoms. The molecule has 1 atom stereocenters. The summed E-state index contributed by atoms with van der Waals surface area (Å²) in [5, 5.41) is 8.85. The second-order valence-electron chi connectivity index (χ2n) is 4.17. The molecule has 0 saturated carbocycles. The van der Waals surface area contributed by atoms with E-state index in [4.69, 9.17) is 9.84 Å². The number of hydrogen-bond donors (Lipinski definition) is 1. The van der Waals surface area contributed by atoms with Crippen LogP contribution in [0.25, 0.3) is 0 Å². The van der Waals surface area contributed by atoms with Gasteiger partial charge < -0.3 is 24.4 Å². The minimum Gasteiger partial charge on any atom is -0.479 e. The predicted octanol–water partition coefficient (Wildman–Crippen LogP) is -0.613. The second kappa shape index (κ2) is 6.93. The summed E-state index contributed by atoms with van der Waals surface area (Å²) < 4.78 is 9.52. The van der Waals surface area contributed by atoms with E-state index in [9.17, 15) is 14.4 Å². The van der Waals surface area contributed by atoms with Crippen molar-refractivity contribution in [2.24, 2.45) is 0 Å². The van der Waals surface area contributed by atoms with Gasteiger partial charge in [-0.05, 0) is 0 Å². The predicted molar refractivity (Wildman–Crippen MR) is 63.6 cm³/mol. The molecule has 1 saturated heterocycles. The Hall–Kier alpha value is -1.83. The van der Waals surface area contributed by atoms with Crippen molar-refractivity contribution < 1.29 is 29.0 Å². The number of urea groups is 1. The Balaban J connectivity index is 2.47. The van der Waals surface area contributed by atoms with Gasteiger partial charge in [-0.2, -0.15) is 0 Å². The Kier molecular flexibility index (Phi) is 5.56. The summed E-state index contributed by atoms with van der Waals surface area (Å²) in [5.41, 5.74) is 0. The van der Waals surface area contributed by atoms with Crippen LogP contribution in [-0.2, 0) is 19.1 Å². The molecular weight excluding hydrogens is 256 g/mol. The molecule has 1 N–H and O–H groups in total. The van der Waals surface area contributed by atoms with Crippen molar-refractivity contribution in [1.29, 1.82) is 0 Å². The van der Waals surface area contributed by atoms with Crippen molar-refractivity contribution in [3.8, 4) is 0 Å². The summed E-state index contributed by atoms with van der Waals surface area (Å²) in [6.45, 7) is 0.760. The molecule has 0 aromatic heterocycles. The zero-order valence-corrected chi connectivity index (χ0v) is 11.0. The Labute approximate surface area is 110 Å². The van der Waals surface area contributed by atoms with Crippen LogP contribution in [0.2, 0.25) is 0 Å². The van der Waals surface area contributed by atoms with Crippen molar-refractivity contribution in [3.05, 3.63) is 0 Å². The molecule has 1 heterocycles. The van der Waals surface area contributed by atoms with E-state index < -0.39 is 18.0 Å². The minimum atomic E-state index is -1.09. The van der Waals surface area contributed by atoms with Gasteiger partial charge in [0.05, 0.1) is 26.7 Å². The lowest BCUT2D eigenvalue weighted by Gasteiger charge is -2.33. The van der Waals surface area contributed by atoms with Crippen LogP contribution in [0.15, 0.2) is 0 Å². The monoisotopic (exact) mass is 274 g/mol. The molecule has 0 aromatic rings. The minimum absolute atomic E-state index is 0.0106. The molecular formula is C11H18N2O6. The maximum atomic E-state index is 12.0. The third-order valence-corrected chi connectivity index (χ3v) is 2.82. The van der Waals surface area contributed by atoms with Gasteiger partial charge in [0.15, 0.2) is 6.10 Å². The number of amides is 2. The highest BCUT2D eigenvalue weighted by molar-refractivity contribution is 5.78. The normalized spacial score (nSPS) is 18.8. The summed E-state index contributed by atoms with van der Waals surface area (Å²) in [7, 11) is 2.83. The van der Waals surface area contributed by atoms with Crippen LogP contribution in [-0.4, -0.2) is 79.4 Å². The molecule has 108 valence electrons. The Morgan fingerprint density at radius 1 is 1.47 bits per heavy atom. The van der Waals surface area contributed by atoms with Gasteiger partial charge >= 0.3 is 18.0 Å². The summed E-state index contributed by atoms with van der Waals surface area (Å²) in [6.07, 6.45) is -0.891. The van der Waals surface area contributed by atoms with Gasteiger partial charge in [0, 0.05) is 20.1 Å². The van der Waals surface area contributed by atoms with Gasteiger partial charge in [0.2, 0.25) is 0 Å². The van der Waals surface area contributed by atoms with Gasteiger partial charge in [0.25, 0.3) is 0 Å². The van der Waals surface area contributed by atoms with Crippen molar-refractivity contribution in [1.82, 2.24) is 9.80 Å². The number of nitrogens with zero attached hydrogens (tertiary/aromatic N) is 2. The average molecular weight is 274 g/mol. The maximum absolute atomic E-state index is 12.0. The van der Waals surface area contributed by atoms with Gasteiger partial charge in [-0.1, -0.05) is 0 Å². The van der Waals surface area contributed by atoms with Crippen LogP contribution in [0.4, 0.5) is 4.79 Å². The Morgan fingerprint density at radius 3 is 2.74 bits per heavy atom. The van der Waals surface area contributed by atoms with Gasteiger partial charge in [0.1, 0.15) is 0 Å². The molecule has 19 heavy (non-hydrogen) atoms. The van der Waals surface area contributed by atoms with E-state index in [1.807, 2.05) is 0 Å². The van der Waals surface area contributed by atoms with Gasteiger partial charge in [-0.25, -0.2) is 9.59 Å². The molecule has 2 amide bonds. The SMILES string of the molecule is COC(=O)CCN(C)C(=O)N1CCOC(C(=O)O)C1. The number of morpholine rings is 1. The summed E-state index contributed by atoms with van der Waals surface area (Å²) >= 11 is 0. The highest BCUT2D eigenvalue weighted by Crippen LogP contribution is 2.08. The standard InChI is InChI=1S/C11H18N2O6/c1-12(4-3-9(14)18-2)11(17)13-5-6-19-8(7-13)10(15)16/h8H,3-7H2,1-2H3,(H,15,16). The first-order valence-electron chi connectivity index (χ1n) is 5.87. The number of carbonyl (C=O) groups excluding carboxylic acids is 2. The zero-order valence-electron chi connectivity index (χ0n) is 11.0. The lowest BCUT2D eigenvalue weighted by molar-refractivity contribution is -0.154. The van der Waals surface area contributed by atoms with Crippen molar-refractivity contribution in [2.45, 2.75) is 12.5 Å². The van der Waals surface area contributed by atoms with Crippen molar-refractivity contribution >= 4 is 18.0 Å². The summed E-state index contributed by atoms with van der Waals surface area (Å²) in [6, 6.07) is -0.321. The number of carboxylic acids is 1. The number of hydrogen-bond acceptors (Lipinski definition) is 5. The van der Waals surface area contributed by atoms with E-state index in [2.05, 4.69) is 4.74 Å². The number of methoxy groups -OCH3 is 1. The van der Waals surface area contributed by atoms with Crippen molar-refractivity contribution in [2.75, 3.05) is 40.4 Å². The lowest BCUT2D eigenvalue weighted by Crippen LogP contribution is -2.52. The molecule has 1 fully saturated rings. The molecule has 0 aliphatic carbocycles. The first kappa shape index (κ1) is 15.2. The van der Waals surface area contributed by atoms with E-state index >= 15 is 0 Å². The first-order valence-corrected chi connectivity index (χ1v) is 5.87. The van der Waals surface area contributed by atoms with E-state index in [0.29, 0.717) is 6.54 Å². The fourth-order valence-corrected chi connectivity index (χ4v) is 1.67. The molecule has 1 unspecified atom stereocenters. The Morgan fingerprint density at radius 2 is 2.16 bits per heavy atom. The van der Waals surface area contributed by atoms with Gasteiger partial charge in [-0.3, -0.25) is 4.79 Å². The molecule has 8 nitrogen and oxygen atoms in total. The number of aliphatic carboxylic acids is 1. The first-order chi connectivity index (χ1) is 8.95. The molecule has 8 heteroatoms. The van der Waals surface area contributed by atoms with E-state index in [1.54, 1.807) is 7.05 Å². The van der Waals surface area contributed by atoms with Crippen LogP contribution >= 0.6 is 0 Å². The van der Waals surface area contributed by atoms with Crippen molar-refractivity contribution in [3.63, 3.8) is 0 Å². The molecule has 1 aliphatic rings. The fraction of sp³-hybridized carbons (Fsp3) is 0.727. The van der Waals surface area contributed by atoms with E-state index in [-0.39, 0.29) is 32.1 Å². The smallest absolute Gasteiger partial charge is 0.334 e. The van der Waals surface area contributed by atoms with Gasteiger partial charge in [-0.15, -0.1) is 0 Å². The van der Waals surface area contributed by atoms with Crippen LogP contribution in [0.1, 0.15) is 6.42 Å². The Bertz CT molecular complexity index is 359. The largest absolute Gasteiger partial charge is 0.479 e. The number of ether oxygens (including phenoxy) is 2.